The van der Waals surface area contributed by atoms with E-state index in [1.165, 1.54) is 24.3 Å². The van der Waals surface area contributed by atoms with Gasteiger partial charge in [0.15, 0.2) is 0 Å². The summed E-state index contributed by atoms with van der Waals surface area (Å²) in [6, 6.07) is 12.2. The Morgan fingerprint density at radius 2 is 1.00 bits per heavy atom. The quantitative estimate of drug-likeness (QED) is 0.551. The molecule has 2 aromatic carbocycles. The fourth-order valence-corrected chi connectivity index (χ4v) is 2.81. The summed E-state index contributed by atoms with van der Waals surface area (Å²) in [6.45, 7) is 0. The molecule has 0 atom stereocenters. The predicted octanol–water partition coefficient (Wildman–Crippen LogP) is 2.21. The van der Waals surface area contributed by atoms with Crippen LogP contribution in [0, 0.1) is 11.6 Å². The van der Waals surface area contributed by atoms with Crippen LogP contribution in [0.25, 0.3) is 0 Å². The number of halogens is 2. The molecule has 3 radical (unpaired) electrons. The van der Waals surface area contributed by atoms with Gasteiger partial charge in [-0.1, -0.05) is 0 Å². The Morgan fingerprint density at radius 1 is 0.688 bits per heavy atom. The molecule has 0 amide bonds. The summed E-state index contributed by atoms with van der Waals surface area (Å²) in [5.74, 6) is -0.560. The normalized spacial score (nSPS) is 10.8. The van der Waals surface area contributed by atoms with Gasteiger partial charge in [-0.15, -0.1) is 0 Å². The maximum atomic E-state index is 12.7. The molecule has 0 aromatic heterocycles. The fraction of sp³-hybridized carbons (Fsp3) is 0. The molecule has 4 heteroatoms. The molecule has 0 unspecified atom stereocenters. The van der Waals surface area contributed by atoms with Crippen LogP contribution in [0.5, 0.6) is 0 Å². The molecule has 0 nitrogen and oxygen atoms in total. The van der Waals surface area contributed by atoms with E-state index in [1.807, 2.05) is 0 Å². The first kappa shape index (κ1) is 11.3. The molecule has 0 N–H and O–H groups in total. The van der Waals surface area contributed by atoms with Crippen molar-refractivity contribution in [3.63, 3.8) is 0 Å². The summed E-state index contributed by atoms with van der Waals surface area (Å²) < 4.78 is 25.5. The molecule has 0 aliphatic carbocycles. The standard InChI is InChI=1S/C12H9BF2P/c13-16(11-5-1-9(14)2-6-11)12-7-3-10(15)4-8-12/h1-8,16H. The van der Waals surface area contributed by atoms with E-state index in [4.69, 9.17) is 7.57 Å². The van der Waals surface area contributed by atoms with Gasteiger partial charge in [0.1, 0.15) is 11.6 Å². The van der Waals surface area contributed by atoms with E-state index in [9.17, 15) is 8.78 Å². The molecule has 16 heavy (non-hydrogen) atoms. The molecule has 0 heterocycles. The number of hydrogen-bond acceptors (Lipinski definition) is 0. The average molecular weight is 233 g/mol. The highest BCUT2D eigenvalue weighted by atomic mass is 31.1. The third-order valence-electron chi connectivity index (χ3n) is 2.31. The molecule has 0 fully saturated rings. The molecule has 2 aromatic rings. The van der Waals surface area contributed by atoms with Gasteiger partial charge in [0, 0.05) is 10.6 Å². The van der Waals surface area contributed by atoms with Crippen LogP contribution in [0.4, 0.5) is 8.78 Å². The predicted molar refractivity (Wildman–Crippen MR) is 66.1 cm³/mol. The Balaban J connectivity index is 2.28. The van der Waals surface area contributed by atoms with Crippen molar-refractivity contribution in [2.24, 2.45) is 0 Å². The third-order valence-corrected chi connectivity index (χ3v) is 4.22. The van der Waals surface area contributed by atoms with E-state index in [-0.39, 0.29) is 11.6 Å². The summed E-state index contributed by atoms with van der Waals surface area (Å²) in [5, 5.41) is 1.80. The molecule has 0 saturated carbocycles. The first-order chi connectivity index (χ1) is 7.66. The first-order valence-corrected chi connectivity index (χ1v) is 6.39. The van der Waals surface area contributed by atoms with Crippen LogP contribution in [0.1, 0.15) is 0 Å². The van der Waals surface area contributed by atoms with Crippen molar-refractivity contribution in [2.45, 2.75) is 0 Å². The van der Waals surface area contributed by atoms with E-state index in [2.05, 4.69) is 0 Å². The van der Waals surface area contributed by atoms with Crippen molar-refractivity contribution in [2.75, 3.05) is 0 Å². The van der Waals surface area contributed by atoms with Crippen LogP contribution in [-0.4, -0.2) is 7.57 Å². The van der Waals surface area contributed by atoms with Crippen molar-refractivity contribution in [3.05, 3.63) is 60.2 Å². The molecule has 0 bridgehead atoms. The van der Waals surface area contributed by atoms with E-state index in [1.54, 1.807) is 24.3 Å². The van der Waals surface area contributed by atoms with Gasteiger partial charge in [-0.3, -0.25) is 7.57 Å². The lowest BCUT2D eigenvalue weighted by Gasteiger charge is -2.16. The zero-order chi connectivity index (χ0) is 11.5. The van der Waals surface area contributed by atoms with E-state index >= 15 is 0 Å². The molecule has 0 aliphatic heterocycles. The summed E-state index contributed by atoms with van der Waals surface area (Å²) in [4.78, 5) is 0. The summed E-state index contributed by atoms with van der Waals surface area (Å²) >= 11 is 0. The summed E-state index contributed by atoms with van der Waals surface area (Å²) in [7, 11) is 4.66. The highest BCUT2D eigenvalue weighted by Gasteiger charge is 2.05. The van der Waals surface area contributed by atoms with Crippen LogP contribution in [0.15, 0.2) is 48.5 Å². The van der Waals surface area contributed by atoms with Crippen LogP contribution in [0.2, 0.25) is 0 Å². The minimum absolute atomic E-state index is 0.280. The Morgan fingerprint density at radius 3 is 1.31 bits per heavy atom. The molecular weight excluding hydrogens is 224 g/mol. The van der Waals surface area contributed by atoms with E-state index in [0.29, 0.717) is 0 Å². The van der Waals surface area contributed by atoms with Gasteiger partial charge in [0.25, 0.3) is 0 Å². The van der Waals surface area contributed by atoms with Crippen molar-refractivity contribution >= 4 is 26.0 Å². The monoisotopic (exact) mass is 233 g/mol. The Labute approximate surface area is 95.4 Å². The largest absolute Gasteiger partial charge is 0.295 e. The van der Waals surface area contributed by atoms with E-state index < -0.39 is 7.80 Å². The lowest BCUT2D eigenvalue weighted by Crippen LogP contribution is -2.11. The Hall–Kier alpha value is -1.21. The average Bonchev–Trinajstić information content (AvgIpc) is 2.30. The van der Waals surface area contributed by atoms with Gasteiger partial charge in [-0.05, 0) is 48.5 Å². The second kappa shape index (κ2) is 4.75. The minimum atomic E-state index is -1.41. The third kappa shape index (κ3) is 2.48. The van der Waals surface area contributed by atoms with Gasteiger partial charge in [-0.25, -0.2) is 8.78 Å². The van der Waals surface area contributed by atoms with Crippen LogP contribution < -0.4 is 10.6 Å². The van der Waals surface area contributed by atoms with E-state index in [0.717, 1.165) is 10.6 Å². The topological polar surface area (TPSA) is 0 Å². The fourth-order valence-electron chi connectivity index (χ4n) is 1.43. The van der Waals surface area contributed by atoms with Crippen molar-refractivity contribution in [1.82, 2.24) is 0 Å². The second-order valence-electron chi connectivity index (χ2n) is 3.43. The van der Waals surface area contributed by atoms with Crippen LogP contribution in [-0.2, 0) is 0 Å². The summed E-state index contributed by atoms with van der Waals surface area (Å²) in [6.07, 6.45) is 0. The highest BCUT2D eigenvalue weighted by molar-refractivity contribution is 7.94. The lowest BCUT2D eigenvalue weighted by atomic mass is 10.3. The van der Waals surface area contributed by atoms with Gasteiger partial charge >= 0.3 is 0 Å². The summed E-state index contributed by atoms with van der Waals surface area (Å²) in [5.41, 5.74) is 0. The second-order valence-corrected chi connectivity index (χ2v) is 5.41. The Bertz CT molecular complexity index is 422. The van der Waals surface area contributed by atoms with Crippen LogP contribution in [0.3, 0.4) is 0 Å². The smallest absolute Gasteiger partial charge is 0.123 e. The van der Waals surface area contributed by atoms with Crippen LogP contribution >= 0.6 is 7.80 Å². The van der Waals surface area contributed by atoms with Gasteiger partial charge in [-0.2, -0.15) is 7.80 Å². The minimum Gasteiger partial charge on any atom is -0.295 e. The van der Waals surface area contributed by atoms with Gasteiger partial charge in [0.2, 0.25) is 0 Å². The first-order valence-electron chi connectivity index (χ1n) is 4.81. The molecule has 0 spiro atoms. The SMILES string of the molecule is [B-][PH+](c1ccc(F)cc1)c1ccc(F)cc1. The molecule has 2 rings (SSSR count). The number of hydrogen-bond donors (Lipinski definition) is 0. The molecular formula is C12H9BF2P. The van der Waals surface area contributed by atoms with Gasteiger partial charge in [0.05, 0.1) is 0 Å². The molecule has 0 saturated heterocycles. The Kier molecular flexibility index (Phi) is 3.35. The molecule has 79 valence electrons. The zero-order valence-electron chi connectivity index (χ0n) is 8.45. The maximum Gasteiger partial charge on any atom is 0.123 e. The van der Waals surface area contributed by atoms with Crippen molar-refractivity contribution in [3.8, 4) is 0 Å². The number of rotatable bonds is 2. The zero-order valence-corrected chi connectivity index (χ0v) is 9.45. The maximum absolute atomic E-state index is 12.7. The molecule has 0 aliphatic rings. The number of benzene rings is 2. The van der Waals surface area contributed by atoms with Crippen molar-refractivity contribution < 1.29 is 8.78 Å². The lowest BCUT2D eigenvalue weighted by molar-refractivity contribution is 0.628. The van der Waals surface area contributed by atoms with Gasteiger partial charge < -0.3 is 0 Å². The van der Waals surface area contributed by atoms with Crippen molar-refractivity contribution in [1.29, 1.82) is 0 Å². The highest BCUT2D eigenvalue weighted by Crippen LogP contribution is 2.26.